The Morgan fingerprint density at radius 3 is 2.81 bits per heavy atom. The number of benzene rings is 1. The van der Waals surface area contributed by atoms with Gasteiger partial charge in [0.2, 0.25) is 5.82 Å². The van der Waals surface area contributed by atoms with Crippen molar-refractivity contribution >= 4 is 5.69 Å². The number of halogens is 2. The Bertz CT molecular complexity index is 660. The van der Waals surface area contributed by atoms with Crippen molar-refractivity contribution in [2.24, 2.45) is 0 Å². The second-order valence-corrected chi connectivity index (χ2v) is 4.20. The lowest BCUT2D eigenvalue weighted by atomic mass is 10.2. The molecule has 1 aromatic heterocycles. The van der Waals surface area contributed by atoms with E-state index >= 15 is 0 Å². The van der Waals surface area contributed by atoms with Gasteiger partial charge in [0.25, 0.3) is 0 Å². The summed E-state index contributed by atoms with van der Waals surface area (Å²) in [5, 5.41) is 24.4. The number of nitrogens with one attached hydrogen (secondary N) is 1. The summed E-state index contributed by atoms with van der Waals surface area (Å²) in [6, 6.07) is 1.21. The fourth-order valence-electron chi connectivity index (χ4n) is 1.71. The first-order valence-corrected chi connectivity index (χ1v) is 6.16. The Hall–Kier alpha value is -2.49. The highest BCUT2D eigenvalue weighted by Crippen LogP contribution is 2.24. The van der Waals surface area contributed by atoms with Crippen molar-refractivity contribution in [1.29, 1.82) is 0 Å². The molecule has 0 saturated heterocycles. The minimum atomic E-state index is -1.25. The number of tetrazole rings is 1. The third kappa shape index (κ3) is 3.16. The van der Waals surface area contributed by atoms with Crippen LogP contribution in [0.25, 0.3) is 5.69 Å². The van der Waals surface area contributed by atoms with Crippen LogP contribution in [0.5, 0.6) is 0 Å². The van der Waals surface area contributed by atoms with E-state index in [1.54, 1.807) is 0 Å². The van der Waals surface area contributed by atoms with Crippen LogP contribution in [0.4, 0.5) is 14.5 Å². The zero-order chi connectivity index (χ0) is 15.4. The van der Waals surface area contributed by atoms with Gasteiger partial charge in [-0.1, -0.05) is 6.92 Å². The standard InChI is InChI=1S/C11H12F2N6O2/c1-2-3-14-6-11-15-16-17-18(11)9-5-10(19(20)21)8(13)4-7(9)12/h4-5,14H,2-3,6H2,1H3. The van der Waals surface area contributed by atoms with Gasteiger partial charge in [0.1, 0.15) is 5.69 Å². The number of aromatic nitrogens is 4. The summed E-state index contributed by atoms with van der Waals surface area (Å²) >= 11 is 0. The first kappa shape index (κ1) is 14.9. The van der Waals surface area contributed by atoms with Crippen LogP contribution < -0.4 is 5.32 Å². The van der Waals surface area contributed by atoms with Crippen molar-refractivity contribution in [3.05, 3.63) is 39.7 Å². The summed E-state index contributed by atoms with van der Waals surface area (Å²) < 4.78 is 28.1. The van der Waals surface area contributed by atoms with E-state index in [-0.39, 0.29) is 18.1 Å². The van der Waals surface area contributed by atoms with Crippen LogP contribution in [0.15, 0.2) is 12.1 Å². The van der Waals surface area contributed by atoms with Crippen LogP contribution in [0.1, 0.15) is 19.2 Å². The van der Waals surface area contributed by atoms with Crippen LogP contribution >= 0.6 is 0 Å². The zero-order valence-electron chi connectivity index (χ0n) is 11.1. The molecule has 0 unspecified atom stereocenters. The van der Waals surface area contributed by atoms with E-state index in [1.807, 2.05) is 6.92 Å². The van der Waals surface area contributed by atoms with Crippen molar-refractivity contribution in [3.63, 3.8) is 0 Å². The summed E-state index contributed by atoms with van der Waals surface area (Å²) in [4.78, 5) is 9.79. The molecule has 0 aliphatic rings. The summed E-state index contributed by atoms with van der Waals surface area (Å²) in [5.41, 5.74) is -1.12. The fraction of sp³-hybridized carbons (Fsp3) is 0.364. The number of hydrogen-bond acceptors (Lipinski definition) is 6. The Kier molecular flexibility index (Phi) is 4.48. The molecule has 0 radical (unpaired) electrons. The predicted molar refractivity (Wildman–Crippen MR) is 67.7 cm³/mol. The van der Waals surface area contributed by atoms with E-state index in [0.29, 0.717) is 12.6 Å². The topological polar surface area (TPSA) is 98.8 Å². The maximum atomic E-state index is 13.8. The average molecular weight is 298 g/mol. The Labute approximate surface area is 117 Å². The Balaban J connectivity index is 2.40. The molecule has 0 fully saturated rings. The minimum Gasteiger partial charge on any atom is -0.310 e. The molecule has 8 nitrogen and oxygen atoms in total. The van der Waals surface area contributed by atoms with E-state index in [1.165, 1.54) is 0 Å². The van der Waals surface area contributed by atoms with Crippen LogP contribution in [0.3, 0.4) is 0 Å². The first-order valence-electron chi connectivity index (χ1n) is 6.16. The van der Waals surface area contributed by atoms with Gasteiger partial charge in [0.05, 0.1) is 11.5 Å². The number of rotatable bonds is 6. The third-order valence-corrected chi connectivity index (χ3v) is 2.69. The van der Waals surface area contributed by atoms with Gasteiger partial charge >= 0.3 is 5.69 Å². The molecule has 2 rings (SSSR count). The van der Waals surface area contributed by atoms with E-state index in [4.69, 9.17) is 0 Å². The highest BCUT2D eigenvalue weighted by atomic mass is 19.1. The van der Waals surface area contributed by atoms with Gasteiger partial charge in [-0.2, -0.15) is 9.07 Å². The van der Waals surface area contributed by atoms with Gasteiger partial charge < -0.3 is 5.32 Å². The van der Waals surface area contributed by atoms with E-state index in [9.17, 15) is 18.9 Å². The molecule has 0 saturated carbocycles. The molecule has 0 aliphatic heterocycles. The van der Waals surface area contributed by atoms with Crippen LogP contribution in [-0.4, -0.2) is 31.7 Å². The molecule has 0 spiro atoms. The Morgan fingerprint density at radius 1 is 1.38 bits per heavy atom. The molecular weight excluding hydrogens is 286 g/mol. The van der Waals surface area contributed by atoms with Gasteiger partial charge in [-0.3, -0.25) is 10.1 Å². The van der Waals surface area contributed by atoms with Gasteiger partial charge in [-0.15, -0.1) is 5.10 Å². The number of nitro benzene ring substituents is 1. The van der Waals surface area contributed by atoms with E-state index in [2.05, 4.69) is 20.8 Å². The lowest BCUT2D eigenvalue weighted by Gasteiger charge is -2.07. The lowest BCUT2D eigenvalue weighted by Crippen LogP contribution is -2.18. The van der Waals surface area contributed by atoms with Gasteiger partial charge in [-0.25, -0.2) is 4.39 Å². The van der Waals surface area contributed by atoms with Gasteiger partial charge in [0, 0.05) is 12.1 Å². The molecule has 1 aromatic carbocycles. The van der Waals surface area contributed by atoms with Crippen LogP contribution in [0.2, 0.25) is 0 Å². The number of hydrogen-bond donors (Lipinski definition) is 1. The quantitative estimate of drug-likeness (QED) is 0.491. The molecule has 1 heterocycles. The monoisotopic (exact) mass is 298 g/mol. The van der Waals surface area contributed by atoms with Gasteiger partial charge in [-0.05, 0) is 23.4 Å². The van der Waals surface area contributed by atoms with Crippen molar-refractivity contribution in [2.45, 2.75) is 19.9 Å². The van der Waals surface area contributed by atoms with E-state index < -0.39 is 22.2 Å². The number of nitrogens with zero attached hydrogens (tertiary/aromatic N) is 5. The average Bonchev–Trinajstić information content (AvgIpc) is 2.87. The molecule has 0 atom stereocenters. The molecule has 21 heavy (non-hydrogen) atoms. The fourth-order valence-corrected chi connectivity index (χ4v) is 1.71. The summed E-state index contributed by atoms with van der Waals surface area (Å²) in [7, 11) is 0. The highest BCUT2D eigenvalue weighted by molar-refractivity contribution is 5.45. The second kappa shape index (κ2) is 6.31. The molecule has 112 valence electrons. The maximum Gasteiger partial charge on any atom is 0.307 e. The van der Waals surface area contributed by atoms with Crippen molar-refractivity contribution in [2.75, 3.05) is 6.54 Å². The van der Waals surface area contributed by atoms with Crippen molar-refractivity contribution in [3.8, 4) is 5.69 Å². The lowest BCUT2D eigenvalue weighted by molar-refractivity contribution is -0.387. The van der Waals surface area contributed by atoms with Crippen LogP contribution in [0, 0.1) is 21.7 Å². The minimum absolute atomic E-state index is 0.255. The molecule has 0 amide bonds. The number of nitro groups is 1. The van der Waals surface area contributed by atoms with Crippen molar-refractivity contribution in [1.82, 2.24) is 25.5 Å². The molecular formula is C11H12F2N6O2. The predicted octanol–water partition coefficient (Wildman–Crippen LogP) is 1.35. The van der Waals surface area contributed by atoms with Gasteiger partial charge in [0.15, 0.2) is 11.6 Å². The molecule has 0 aliphatic carbocycles. The second-order valence-electron chi connectivity index (χ2n) is 4.20. The van der Waals surface area contributed by atoms with Crippen LogP contribution in [-0.2, 0) is 6.54 Å². The third-order valence-electron chi connectivity index (χ3n) is 2.69. The molecule has 2 aromatic rings. The first-order chi connectivity index (χ1) is 10.0. The highest BCUT2D eigenvalue weighted by Gasteiger charge is 2.21. The van der Waals surface area contributed by atoms with E-state index in [0.717, 1.165) is 17.2 Å². The SMILES string of the molecule is CCCNCc1nnnn1-c1cc([N+](=O)[O-])c(F)cc1F. The normalized spacial score (nSPS) is 10.8. The van der Waals surface area contributed by atoms with Crippen molar-refractivity contribution < 1.29 is 13.7 Å². The maximum absolute atomic E-state index is 13.8. The Morgan fingerprint density at radius 2 is 2.14 bits per heavy atom. The molecule has 0 bridgehead atoms. The molecule has 10 heteroatoms. The largest absolute Gasteiger partial charge is 0.310 e. The smallest absolute Gasteiger partial charge is 0.307 e. The molecule has 1 N–H and O–H groups in total. The zero-order valence-corrected chi connectivity index (χ0v) is 11.1. The summed E-state index contributed by atoms with van der Waals surface area (Å²) in [5.74, 6) is -1.97. The summed E-state index contributed by atoms with van der Waals surface area (Å²) in [6.45, 7) is 2.93. The summed E-state index contributed by atoms with van der Waals surface area (Å²) in [6.07, 6.45) is 0.887.